The van der Waals surface area contributed by atoms with Crippen molar-refractivity contribution in [1.29, 1.82) is 0 Å². The molecule has 0 unspecified atom stereocenters. The Hall–Kier alpha value is -5.73. The van der Waals surface area contributed by atoms with Crippen molar-refractivity contribution >= 4 is 32.3 Å². The summed E-state index contributed by atoms with van der Waals surface area (Å²) in [4.78, 5) is 9.11. The van der Waals surface area contributed by atoms with Crippen LogP contribution in [0, 0.1) is 12.1 Å². The molecule has 0 amide bonds. The Morgan fingerprint density at radius 2 is 1.12 bits per heavy atom. The summed E-state index contributed by atoms with van der Waals surface area (Å²) in [5, 5.41) is 7.41. The molecule has 253 valence electrons. The number of hydrogen-bond acceptors (Lipinski definition) is 2. The minimum Gasteiger partial charge on any atom is -0.305 e. The van der Waals surface area contributed by atoms with E-state index in [1.165, 1.54) is 54.7 Å². The van der Waals surface area contributed by atoms with E-state index in [0.29, 0.717) is 5.92 Å². The van der Waals surface area contributed by atoms with Gasteiger partial charge in [0.25, 0.3) is 0 Å². The van der Waals surface area contributed by atoms with Gasteiger partial charge in [-0.15, -0.1) is 70.8 Å². The molecule has 2 nitrogen and oxygen atoms in total. The summed E-state index contributed by atoms with van der Waals surface area (Å²) < 4.78 is 0. The molecule has 0 saturated heterocycles. The van der Waals surface area contributed by atoms with E-state index < -0.39 is 0 Å². The van der Waals surface area contributed by atoms with Crippen LogP contribution in [-0.2, 0) is 20.1 Å². The Morgan fingerprint density at radius 3 is 1.83 bits per heavy atom. The number of nitrogens with zero attached hydrogens (tertiary/aromatic N) is 2. The fourth-order valence-electron chi connectivity index (χ4n) is 6.74. The second kappa shape index (κ2) is 15.7. The number of fused-ring (bicyclic) bond motifs is 5. The van der Waals surface area contributed by atoms with Crippen LogP contribution in [-0.4, -0.2) is 9.97 Å². The summed E-state index contributed by atoms with van der Waals surface area (Å²) in [5.41, 5.74) is 10.1. The van der Waals surface area contributed by atoms with Gasteiger partial charge < -0.3 is 9.97 Å². The van der Waals surface area contributed by atoms with Crippen molar-refractivity contribution < 1.29 is 20.1 Å². The molecule has 9 aromatic rings. The van der Waals surface area contributed by atoms with Gasteiger partial charge in [-0.25, -0.2) is 0 Å². The Morgan fingerprint density at radius 1 is 0.462 bits per heavy atom. The first-order valence-electron chi connectivity index (χ1n) is 17.4. The molecule has 0 spiro atoms. The van der Waals surface area contributed by atoms with Gasteiger partial charge in [0.05, 0.1) is 0 Å². The smallest absolute Gasteiger partial charge is 0.0167 e. The van der Waals surface area contributed by atoms with E-state index in [-0.39, 0.29) is 20.1 Å². The first-order chi connectivity index (χ1) is 25.1. The fourth-order valence-corrected chi connectivity index (χ4v) is 6.74. The molecule has 0 saturated carbocycles. The minimum absolute atomic E-state index is 0. The van der Waals surface area contributed by atoms with Gasteiger partial charge in [0, 0.05) is 32.5 Å². The predicted octanol–water partition coefficient (Wildman–Crippen LogP) is 13.0. The van der Waals surface area contributed by atoms with Crippen molar-refractivity contribution in [2.45, 2.75) is 19.8 Å². The van der Waals surface area contributed by atoms with Crippen molar-refractivity contribution in [2.75, 3.05) is 0 Å². The van der Waals surface area contributed by atoms with E-state index in [0.717, 1.165) is 27.9 Å². The number of pyridine rings is 2. The molecular weight excluding hydrogens is 809 g/mol. The fraction of sp³-hybridized carbons (Fsp3) is 0.0612. The van der Waals surface area contributed by atoms with Gasteiger partial charge in [0.15, 0.2) is 0 Å². The number of benzene rings is 7. The van der Waals surface area contributed by atoms with Crippen LogP contribution < -0.4 is 0 Å². The molecule has 2 heterocycles. The summed E-state index contributed by atoms with van der Waals surface area (Å²) >= 11 is 0. The van der Waals surface area contributed by atoms with Gasteiger partial charge in [-0.1, -0.05) is 123 Å². The third-order valence-electron chi connectivity index (χ3n) is 9.39. The third kappa shape index (κ3) is 7.20. The van der Waals surface area contributed by atoms with Crippen molar-refractivity contribution in [3.63, 3.8) is 0 Å². The van der Waals surface area contributed by atoms with Crippen LogP contribution in [0.3, 0.4) is 0 Å². The van der Waals surface area contributed by atoms with E-state index in [2.05, 4.69) is 152 Å². The maximum atomic E-state index is 4.90. The van der Waals surface area contributed by atoms with Crippen LogP contribution in [0.25, 0.3) is 77.1 Å². The van der Waals surface area contributed by atoms with Gasteiger partial charge in [-0.3, -0.25) is 0 Å². The zero-order chi connectivity index (χ0) is 34.6. The van der Waals surface area contributed by atoms with Gasteiger partial charge in [0.2, 0.25) is 0 Å². The molecular formula is C49H36IrN2-2. The van der Waals surface area contributed by atoms with E-state index in [1.54, 1.807) is 6.20 Å². The van der Waals surface area contributed by atoms with E-state index in [1.807, 2.05) is 48.7 Å². The van der Waals surface area contributed by atoms with Crippen molar-refractivity contribution in [1.82, 2.24) is 9.97 Å². The predicted molar refractivity (Wildman–Crippen MR) is 214 cm³/mol. The molecule has 0 fully saturated rings. The minimum atomic E-state index is 0. The quantitative estimate of drug-likeness (QED) is 0.127. The topological polar surface area (TPSA) is 25.8 Å². The average molecular weight is 845 g/mol. The second-order valence-corrected chi connectivity index (χ2v) is 13.0. The monoisotopic (exact) mass is 845 g/mol. The second-order valence-electron chi connectivity index (χ2n) is 13.0. The first kappa shape index (κ1) is 34.7. The average Bonchev–Trinajstić information content (AvgIpc) is 3.21. The van der Waals surface area contributed by atoms with Gasteiger partial charge in [-0.2, -0.15) is 0 Å². The number of aromatic nitrogens is 2. The Bertz CT molecular complexity index is 2550. The summed E-state index contributed by atoms with van der Waals surface area (Å²) in [6.07, 6.45) is 3.73. The first-order valence-corrected chi connectivity index (χ1v) is 17.4. The molecule has 0 aliphatic heterocycles. The molecule has 2 aromatic heterocycles. The standard InChI is InChI=1S/C38H28N.C11H8N.Ir/c1-25(2)30-22-31(27-11-7-4-8-12-27)24-32(23-30)38-37-18-17-34-33-15-13-28(26-9-5-3-6-10-26)21-29(33)14-16-35(34)36(37)19-20-39-38;1-2-6-10(7-3-1)11-8-4-5-9-12-11;/h3-22,24-25H,1-2H3;1-6,8-9H;/q2*-1;. The van der Waals surface area contributed by atoms with Gasteiger partial charge in [-0.05, 0) is 84.5 Å². The van der Waals surface area contributed by atoms with E-state index in [9.17, 15) is 0 Å². The number of rotatable bonds is 5. The van der Waals surface area contributed by atoms with Gasteiger partial charge in [0.1, 0.15) is 0 Å². The van der Waals surface area contributed by atoms with Crippen LogP contribution >= 0.6 is 0 Å². The Kier molecular flexibility index (Phi) is 10.5. The maximum Gasteiger partial charge on any atom is 0.0167 e. The zero-order valence-corrected chi connectivity index (χ0v) is 31.4. The molecule has 0 bridgehead atoms. The van der Waals surface area contributed by atoms with Crippen LogP contribution in [0.4, 0.5) is 0 Å². The Balaban J connectivity index is 0.000000275. The third-order valence-corrected chi connectivity index (χ3v) is 9.39. The summed E-state index contributed by atoms with van der Waals surface area (Å²) in [6, 6.07) is 64.1. The molecule has 0 aliphatic carbocycles. The van der Waals surface area contributed by atoms with Crippen LogP contribution in [0.15, 0.2) is 176 Å². The normalized spacial score (nSPS) is 10.9. The van der Waals surface area contributed by atoms with Gasteiger partial charge >= 0.3 is 0 Å². The molecule has 1 radical (unpaired) electrons. The van der Waals surface area contributed by atoms with Crippen LogP contribution in [0.1, 0.15) is 25.3 Å². The summed E-state index contributed by atoms with van der Waals surface area (Å²) in [5.74, 6) is 0.371. The summed E-state index contributed by atoms with van der Waals surface area (Å²) in [6.45, 7) is 4.45. The van der Waals surface area contributed by atoms with E-state index >= 15 is 0 Å². The van der Waals surface area contributed by atoms with Crippen LogP contribution in [0.2, 0.25) is 0 Å². The molecule has 3 heteroatoms. The maximum absolute atomic E-state index is 4.90. The molecule has 0 atom stereocenters. The number of hydrogen-bond donors (Lipinski definition) is 0. The van der Waals surface area contributed by atoms with Crippen molar-refractivity contribution in [2.24, 2.45) is 0 Å². The molecule has 7 aromatic carbocycles. The molecule has 9 rings (SSSR count). The zero-order valence-electron chi connectivity index (χ0n) is 29.0. The van der Waals surface area contributed by atoms with Crippen molar-refractivity contribution in [3.05, 3.63) is 194 Å². The molecule has 0 aliphatic rings. The Labute approximate surface area is 319 Å². The SMILES string of the molecule is CC(C)c1[c-]c(-c2nccc3c2ccc2c4ccc(-c5ccccc5)cc4ccc32)cc(-c2ccccc2)c1.[Ir].[c-]1ccccc1-c1ccccn1. The largest absolute Gasteiger partial charge is 0.305 e. The molecule has 52 heavy (non-hydrogen) atoms. The van der Waals surface area contributed by atoms with Crippen LogP contribution in [0.5, 0.6) is 0 Å². The van der Waals surface area contributed by atoms with E-state index in [4.69, 9.17) is 4.98 Å². The summed E-state index contributed by atoms with van der Waals surface area (Å²) in [7, 11) is 0. The van der Waals surface area contributed by atoms with Crippen molar-refractivity contribution in [3.8, 4) is 44.8 Å². The molecule has 0 N–H and O–H groups in total.